The van der Waals surface area contributed by atoms with Gasteiger partial charge in [-0.25, -0.2) is 4.79 Å². The first-order chi connectivity index (χ1) is 27.7. The van der Waals surface area contributed by atoms with Crippen molar-refractivity contribution in [3.8, 4) is 28.7 Å². The van der Waals surface area contributed by atoms with E-state index < -0.39 is 64.9 Å². The molecule has 4 bridgehead atoms. The van der Waals surface area contributed by atoms with Gasteiger partial charge in [0.05, 0.1) is 24.4 Å². The fourth-order valence-electron chi connectivity index (χ4n) is 9.36. The number of aliphatic hydroxyl groups is 1. The van der Waals surface area contributed by atoms with Crippen LogP contribution in [0.4, 0.5) is 0 Å². The van der Waals surface area contributed by atoms with Crippen molar-refractivity contribution in [2.75, 3.05) is 39.9 Å². The number of piperazine rings is 1. The summed E-state index contributed by atoms with van der Waals surface area (Å²) in [6.45, 7) is 6.24. The number of carbonyl (C=O) groups is 4. The maximum Gasteiger partial charge on any atom is 0.329 e. The molecule has 7 aliphatic rings. The number of nitrogens with zero attached hydrogens (tertiary/aromatic N) is 2. The van der Waals surface area contributed by atoms with Crippen LogP contribution < -0.4 is 29.6 Å². The Morgan fingerprint density at radius 1 is 1.07 bits per heavy atom. The van der Waals surface area contributed by atoms with Crippen LogP contribution in [-0.2, 0) is 30.3 Å². The van der Waals surface area contributed by atoms with E-state index in [9.17, 15) is 29.4 Å². The van der Waals surface area contributed by atoms with E-state index in [2.05, 4.69) is 10.6 Å². The van der Waals surface area contributed by atoms with Crippen molar-refractivity contribution >= 4 is 41.6 Å². The van der Waals surface area contributed by atoms with Gasteiger partial charge >= 0.3 is 11.9 Å². The molecule has 15 nitrogen and oxygen atoms in total. The van der Waals surface area contributed by atoms with Crippen LogP contribution in [-0.4, -0.2) is 107 Å². The van der Waals surface area contributed by atoms with Crippen LogP contribution in [0.2, 0.25) is 0 Å². The van der Waals surface area contributed by atoms with E-state index in [4.69, 9.17) is 23.7 Å². The predicted octanol–water partition coefficient (Wildman–Crippen LogP) is 3.36. The highest BCUT2D eigenvalue weighted by atomic mass is 32.2. The summed E-state index contributed by atoms with van der Waals surface area (Å²) in [6, 6.07) is 6.95. The van der Waals surface area contributed by atoms with Crippen molar-refractivity contribution in [2.45, 2.75) is 75.3 Å². The predicted molar refractivity (Wildman–Crippen MR) is 212 cm³/mol. The smallest absolute Gasteiger partial charge is 0.329 e. The van der Waals surface area contributed by atoms with Gasteiger partial charge < -0.3 is 44.5 Å². The van der Waals surface area contributed by atoms with Gasteiger partial charge in [0.15, 0.2) is 23.0 Å². The van der Waals surface area contributed by atoms with Gasteiger partial charge in [-0.15, -0.1) is 11.8 Å². The second kappa shape index (κ2) is 15.1. The largest absolute Gasteiger partial charge is 0.504 e. The van der Waals surface area contributed by atoms with Crippen LogP contribution in [0.5, 0.6) is 28.7 Å². The fourth-order valence-corrected chi connectivity index (χ4v) is 10.9. The molecule has 3 aromatic rings. The molecule has 7 aliphatic heterocycles. The third kappa shape index (κ3) is 6.61. The molecule has 3 unspecified atom stereocenters. The molecule has 2 amide bonds. The van der Waals surface area contributed by atoms with Crippen LogP contribution in [0.3, 0.4) is 0 Å². The molecule has 2 fully saturated rings. The van der Waals surface area contributed by atoms with Crippen molar-refractivity contribution in [3.63, 3.8) is 0 Å². The van der Waals surface area contributed by atoms with E-state index in [-0.39, 0.29) is 43.6 Å². The van der Waals surface area contributed by atoms with Crippen LogP contribution in [0.25, 0.3) is 6.08 Å². The number of esters is 2. The number of carbonyl (C=O) groups excluding carboxylic acids is 4. The number of aromatic hydroxyl groups is 1. The molecule has 58 heavy (non-hydrogen) atoms. The highest BCUT2D eigenvalue weighted by molar-refractivity contribution is 7.99. The molecule has 10 rings (SSSR count). The molecule has 7 heterocycles. The first-order valence-corrected chi connectivity index (χ1v) is 20.1. The fraction of sp³-hybridized carbons (Fsp3) is 0.429. The minimum absolute atomic E-state index is 0.0177. The van der Waals surface area contributed by atoms with Gasteiger partial charge in [0, 0.05) is 60.0 Å². The number of benzene rings is 3. The molecule has 0 aliphatic carbocycles. The van der Waals surface area contributed by atoms with E-state index in [1.54, 1.807) is 13.0 Å². The zero-order valence-corrected chi connectivity index (χ0v) is 33.8. The van der Waals surface area contributed by atoms with Crippen LogP contribution in [0.1, 0.15) is 70.1 Å². The van der Waals surface area contributed by atoms with Crippen molar-refractivity contribution in [1.82, 2.24) is 20.4 Å². The first kappa shape index (κ1) is 39.5. The summed E-state index contributed by atoms with van der Waals surface area (Å²) >= 11 is 1.32. The SMILES string of the molecule is COc1c(C)cc2c(c1O)[C@@H]1C3[C@@H]4SC[C@H](NC(=O)C(C)NC(=O)/C=C/c5ccccc5)C(=O)OC[C@@H](c5c6c(c(C)c(OC(C)=O)c54)OCO6)N3[C@](O)(C2)CN1C. The first-order valence-electron chi connectivity index (χ1n) is 19.1. The second-order valence-corrected chi connectivity index (χ2v) is 16.6. The van der Waals surface area contributed by atoms with Gasteiger partial charge in [-0.1, -0.05) is 36.4 Å². The standard InChI is InChI=1S/C42H46N4O11S/c1-20-14-25-15-42(52)18-45(5)32(29(25)34(49)35(20)53-6)33-39-31-30(38-37(55-19-56-38)21(2)36(31)57-23(4)47)27(46(33)42)16-54-41(51)26(17-58-39)44-40(50)22(3)43-28(48)13-12-24-10-8-7-9-11-24/h7-14,22,26-27,32-33,39,49,52H,15-19H2,1-6H3,(H,43,48)(H,44,50)/b13-12+/t22?,26-,27-,32+,33?,39+,42-/m0/s1. The average Bonchev–Trinajstić information content (AvgIpc) is 3.60. The lowest BCUT2D eigenvalue weighted by Crippen LogP contribution is -2.69. The Morgan fingerprint density at radius 3 is 2.53 bits per heavy atom. The molecule has 306 valence electrons. The molecular formula is C42H46N4O11S. The van der Waals surface area contributed by atoms with Gasteiger partial charge in [-0.2, -0.15) is 0 Å². The van der Waals surface area contributed by atoms with Gasteiger partial charge in [0.25, 0.3) is 0 Å². The highest BCUT2D eigenvalue weighted by Gasteiger charge is 2.63. The van der Waals surface area contributed by atoms with Gasteiger partial charge in [0.2, 0.25) is 18.6 Å². The summed E-state index contributed by atoms with van der Waals surface area (Å²) < 4.78 is 29.9. The second-order valence-electron chi connectivity index (χ2n) is 15.4. The molecule has 0 saturated carbocycles. The minimum atomic E-state index is -1.56. The summed E-state index contributed by atoms with van der Waals surface area (Å²) in [5.41, 5.74) is 2.99. The maximum atomic E-state index is 14.0. The van der Waals surface area contributed by atoms with E-state index in [0.717, 1.165) is 11.1 Å². The number of amides is 2. The Morgan fingerprint density at radius 2 is 1.81 bits per heavy atom. The lowest BCUT2D eigenvalue weighted by Gasteiger charge is -2.60. The monoisotopic (exact) mass is 814 g/mol. The lowest BCUT2D eigenvalue weighted by atomic mass is 9.78. The molecule has 16 heteroatoms. The zero-order chi connectivity index (χ0) is 41.2. The summed E-state index contributed by atoms with van der Waals surface area (Å²) in [7, 11) is 3.38. The third-order valence-corrected chi connectivity index (χ3v) is 13.0. The average molecular weight is 815 g/mol. The van der Waals surface area contributed by atoms with E-state index in [0.29, 0.717) is 45.1 Å². The number of fused-ring (bicyclic) bond motifs is 7. The number of nitrogens with one attached hydrogen (secondary N) is 2. The van der Waals surface area contributed by atoms with E-state index in [1.807, 2.05) is 60.2 Å². The van der Waals surface area contributed by atoms with Crippen molar-refractivity contribution in [3.05, 3.63) is 81.4 Å². The van der Waals surface area contributed by atoms with E-state index >= 15 is 0 Å². The number of aryl methyl sites for hydroxylation is 1. The number of methoxy groups -OCH3 is 1. The molecule has 3 aromatic carbocycles. The minimum Gasteiger partial charge on any atom is -0.504 e. The van der Waals surface area contributed by atoms with Gasteiger partial charge in [0.1, 0.15) is 30.2 Å². The molecular weight excluding hydrogens is 769 g/mol. The Labute approximate surface area is 339 Å². The Balaban J connectivity index is 1.22. The number of phenols is 1. The summed E-state index contributed by atoms with van der Waals surface area (Å²) in [6.07, 6.45) is 3.09. The highest BCUT2D eigenvalue weighted by Crippen LogP contribution is 2.64. The lowest BCUT2D eigenvalue weighted by molar-refractivity contribution is -0.214. The number of hydrogen-bond acceptors (Lipinski definition) is 14. The van der Waals surface area contributed by atoms with Crippen LogP contribution in [0.15, 0.2) is 42.5 Å². The number of likely N-dealkylation sites (N-methyl/N-ethyl adjacent to an activating group) is 1. The van der Waals surface area contributed by atoms with Gasteiger partial charge in [-0.05, 0) is 50.6 Å². The molecule has 0 spiro atoms. The number of rotatable bonds is 7. The summed E-state index contributed by atoms with van der Waals surface area (Å²) in [5.74, 6) is -1.04. The normalized spacial score (nSPS) is 27.4. The topological polar surface area (TPSA) is 185 Å². The Bertz CT molecular complexity index is 2230. The van der Waals surface area contributed by atoms with Crippen molar-refractivity contribution in [2.24, 2.45) is 0 Å². The zero-order valence-electron chi connectivity index (χ0n) is 33.0. The Hall–Kier alpha value is -5.29. The summed E-state index contributed by atoms with van der Waals surface area (Å²) in [4.78, 5) is 57.2. The molecule has 0 aromatic heterocycles. The summed E-state index contributed by atoms with van der Waals surface area (Å²) in [5, 5.41) is 29.7. The number of thioether (sulfide) groups is 1. The maximum absolute atomic E-state index is 14.0. The van der Waals surface area contributed by atoms with Crippen molar-refractivity contribution < 1.29 is 53.1 Å². The van der Waals surface area contributed by atoms with E-state index in [1.165, 1.54) is 38.8 Å². The molecule has 4 N–H and O–H groups in total. The number of ether oxygens (including phenoxy) is 5. The van der Waals surface area contributed by atoms with Crippen LogP contribution in [0, 0.1) is 13.8 Å². The van der Waals surface area contributed by atoms with Crippen LogP contribution >= 0.6 is 11.8 Å². The third-order valence-electron chi connectivity index (χ3n) is 11.6. The number of hydrogen-bond donors (Lipinski definition) is 4. The molecule has 0 radical (unpaired) electrons. The molecule has 8 atom stereocenters. The van der Waals surface area contributed by atoms with Crippen molar-refractivity contribution in [1.29, 1.82) is 0 Å². The Kier molecular flexibility index (Phi) is 10.3. The van der Waals surface area contributed by atoms with Gasteiger partial charge in [-0.3, -0.25) is 24.2 Å². The number of phenolic OH excluding ortho intramolecular Hbond substituents is 1. The molecule has 2 saturated heterocycles. The quantitative estimate of drug-likeness (QED) is 0.155.